The van der Waals surface area contributed by atoms with Crippen LogP contribution in [-0.4, -0.2) is 25.5 Å². The van der Waals surface area contributed by atoms with Crippen LogP contribution in [0.3, 0.4) is 0 Å². The molecule has 0 atom stereocenters. The van der Waals surface area contributed by atoms with E-state index in [1.165, 1.54) is 19.3 Å². The first-order chi connectivity index (χ1) is 18.5. The van der Waals surface area contributed by atoms with E-state index < -0.39 is 0 Å². The molecule has 4 aliphatic carbocycles. The van der Waals surface area contributed by atoms with Crippen molar-refractivity contribution in [3.8, 4) is 5.69 Å². The van der Waals surface area contributed by atoms with E-state index in [0.29, 0.717) is 27.8 Å². The minimum absolute atomic E-state index is 0.00750. The minimum Gasteiger partial charge on any atom is -0.319 e. The van der Waals surface area contributed by atoms with Gasteiger partial charge in [0.15, 0.2) is 0 Å². The summed E-state index contributed by atoms with van der Waals surface area (Å²) in [7, 11) is 0. The van der Waals surface area contributed by atoms with Crippen molar-refractivity contribution in [1.82, 2.24) is 19.6 Å². The van der Waals surface area contributed by atoms with Crippen LogP contribution in [0.4, 0.5) is 5.69 Å². The molecule has 0 unspecified atom stereocenters. The fourth-order valence-corrected chi connectivity index (χ4v) is 8.12. The minimum atomic E-state index is -0.145. The van der Waals surface area contributed by atoms with Crippen molar-refractivity contribution in [1.29, 1.82) is 0 Å². The molecule has 2 aromatic carbocycles. The number of aromatic nitrogens is 4. The molecule has 0 aliphatic heterocycles. The average Bonchev–Trinajstić information content (AvgIpc) is 3.54. The molecule has 38 heavy (non-hydrogen) atoms. The van der Waals surface area contributed by atoms with Crippen molar-refractivity contribution < 1.29 is 4.79 Å². The standard InChI is InChI=1S/C30H29Cl2N5O/c31-26-7-4-8-27(32)24(26)17-36-16-22(15-33-36)34-29(38)25-18-37(23-5-2-1-3-6-23)35-28(25)30-12-19-9-20(13-30)11-21(10-19)14-30/h1-8,15-16,18-21H,9-14,17H2,(H,34,38). The Balaban J connectivity index is 1.20. The van der Waals surface area contributed by atoms with E-state index in [1.54, 1.807) is 10.9 Å². The molecule has 2 heterocycles. The number of hydrogen-bond donors (Lipinski definition) is 1. The van der Waals surface area contributed by atoms with Gasteiger partial charge in [0.05, 0.1) is 35.4 Å². The zero-order valence-corrected chi connectivity index (χ0v) is 22.5. The molecule has 1 amide bonds. The molecule has 8 heteroatoms. The number of benzene rings is 2. The summed E-state index contributed by atoms with van der Waals surface area (Å²) in [6.45, 7) is 0.416. The topological polar surface area (TPSA) is 64.7 Å². The third kappa shape index (κ3) is 4.24. The van der Waals surface area contributed by atoms with E-state index in [2.05, 4.69) is 10.4 Å². The number of amides is 1. The van der Waals surface area contributed by atoms with Gasteiger partial charge in [-0.1, -0.05) is 47.5 Å². The average molecular weight is 547 g/mol. The first kappa shape index (κ1) is 24.0. The van der Waals surface area contributed by atoms with Gasteiger partial charge in [0.25, 0.3) is 5.91 Å². The molecule has 4 saturated carbocycles. The summed E-state index contributed by atoms with van der Waals surface area (Å²) < 4.78 is 3.61. The first-order valence-electron chi connectivity index (χ1n) is 13.4. The van der Waals surface area contributed by atoms with Crippen molar-refractivity contribution in [3.63, 3.8) is 0 Å². The van der Waals surface area contributed by atoms with Gasteiger partial charge in [0, 0.05) is 33.4 Å². The van der Waals surface area contributed by atoms with Crippen LogP contribution in [0.5, 0.6) is 0 Å². The summed E-state index contributed by atoms with van der Waals surface area (Å²) >= 11 is 12.7. The Hall–Kier alpha value is -3.09. The molecule has 4 bridgehead atoms. The fourth-order valence-electron chi connectivity index (χ4n) is 7.60. The molecular weight excluding hydrogens is 517 g/mol. The van der Waals surface area contributed by atoms with Crippen LogP contribution in [-0.2, 0) is 12.0 Å². The number of rotatable bonds is 6. The SMILES string of the molecule is O=C(Nc1cnn(Cc2c(Cl)cccc2Cl)c1)c1cn(-c2ccccc2)nc1C12CC3CC(CC(C3)C1)C2. The van der Waals surface area contributed by atoms with E-state index in [1.807, 2.05) is 65.6 Å². The Morgan fingerprint density at radius 3 is 2.24 bits per heavy atom. The Kier molecular flexibility index (Phi) is 5.86. The van der Waals surface area contributed by atoms with Crippen molar-refractivity contribution in [2.24, 2.45) is 17.8 Å². The van der Waals surface area contributed by atoms with Crippen LogP contribution in [0.2, 0.25) is 10.0 Å². The summed E-state index contributed by atoms with van der Waals surface area (Å²) in [5.41, 5.74) is 4.01. The van der Waals surface area contributed by atoms with Gasteiger partial charge in [-0.2, -0.15) is 10.2 Å². The second-order valence-corrected chi connectivity index (χ2v) is 12.3. The van der Waals surface area contributed by atoms with Gasteiger partial charge in [0.1, 0.15) is 0 Å². The normalized spacial score (nSPS) is 25.6. The molecule has 194 valence electrons. The summed E-state index contributed by atoms with van der Waals surface area (Å²) in [6.07, 6.45) is 12.8. The zero-order chi connectivity index (χ0) is 25.9. The van der Waals surface area contributed by atoms with Crippen molar-refractivity contribution in [3.05, 3.63) is 94.0 Å². The van der Waals surface area contributed by atoms with Crippen LogP contribution in [0.15, 0.2) is 67.1 Å². The number of carbonyl (C=O) groups is 1. The lowest BCUT2D eigenvalue weighted by Gasteiger charge is -2.56. The van der Waals surface area contributed by atoms with Gasteiger partial charge >= 0.3 is 0 Å². The predicted octanol–water partition coefficient (Wildman–Crippen LogP) is 7.14. The number of carbonyl (C=O) groups excluding carboxylic acids is 1. The number of nitrogens with zero attached hydrogens (tertiary/aromatic N) is 4. The Morgan fingerprint density at radius 1 is 0.921 bits per heavy atom. The van der Waals surface area contributed by atoms with E-state index in [-0.39, 0.29) is 11.3 Å². The number of nitrogens with one attached hydrogen (secondary N) is 1. The van der Waals surface area contributed by atoms with Gasteiger partial charge in [-0.25, -0.2) is 4.68 Å². The van der Waals surface area contributed by atoms with Crippen molar-refractivity contribution >= 4 is 34.8 Å². The highest BCUT2D eigenvalue weighted by Gasteiger charge is 2.54. The van der Waals surface area contributed by atoms with E-state index in [0.717, 1.165) is 54.0 Å². The molecule has 6 nitrogen and oxygen atoms in total. The maximum absolute atomic E-state index is 13.8. The highest BCUT2D eigenvalue weighted by atomic mass is 35.5. The monoisotopic (exact) mass is 545 g/mol. The van der Waals surface area contributed by atoms with Gasteiger partial charge < -0.3 is 5.32 Å². The summed E-state index contributed by atoms with van der Waals surface area (Å²) in [5, 5.41) is 13.8. The molecular formula is C30H29Cl2N5O. The van der Waals surface area contributed by atoms with E-state index in [4.69, 9.17) is 28.3 Å². The summed E-state index contributed by atoms with van der Waals surface area (Å²) in [5.74, 6) is 2.13. The molecule has 0 radical (unpaired) electrons. The highest BCUT2D eigenvalue weighted by Crippen LogP contribution is 2.61. The number of anilines is 1. The van der Waals surface area contributed by atoms with Crippen LogP contribution < -0.4 is 5.32 Å². The van der Waals surface area contributed by atoms with Gasteiger partial charge in [-0.15, -0.1) is 0 Å². The van der Waals surface area contributed by atoms with Crippen LogP contribution in [0.1, 0.15) is 60.1 Å². The first-order valence-corrected chi connectivity index (χ1v) is 14.1. The number of para-hydroxylation sites is 1. The van der Waals surface area contributed by atoms with Gasteiger partial charge in [0.2, 0.25) is 0 Å². The van der Waals surface area contributed by atoms with Crippen molar-refractivity contribution in [2.45, 2.75) is 50.5 Å². The number of hydrogen-bond acceptors (Lipinski definition) is 3. The molecule has 2 aromatic heterocycles. The second-order valence-electron chi connectivity index (χ2n) is 11.5. The second kappa shape index (κ2) is 9.28. The maximum atomic E-state index is 13.8. The molecule has 1 N–H and O–H groups in total. The highest BCUT2D eigenvalue weighted by molar-refractivity contribution is 6.36. The van der Waals surface area contributed by atoms with Crippen LogP contribution >= 0.6 is 23.2 Å². The lowest BCUT2D eigenvalue weighted by molar-refractivity contribution is -0.00765. The molecule has 0 saturated heterocycles. The summed E-state index contributed by atoms with van der Waals surface area (Å²) in [6, 6.07) is 15.5. The Morgan fingerprint density at radius 2 is 1.58 bits per heavy atom. The molecule has 4 fully saturated rings. The maximum Gasteiger partial charge on any atom is 0.259 e. The Bertz CT molecular complexity index is 1450. The molecule has 4 aliphatic rings. The van der Waals surface area contributed by atoms with E-state index >= 15 is 0 Å². The van der Waals surface area contributed by atoms with E-state index in [9.17, 15) is 4.79 Å². The third-order valence-electron chi connectivity index (χ3n) is 8.79. The number of halogens is 2. The van der Waals surface area contributed by atoms with Crippen LogP contribution in [0, 0.1) is 17.8 Å². The van der Waals surface area contributed by atoms with Gasteiger partial charge in [-0.3, -0.25) is 9.48 Å². The third-order valence-corrected chi connectivity index (χ3v) is 9.50. The van der Waals surface area contributed by atoms with Crippen molar-refractivity contribution in [2.75, 3.05) is 5.32 Å². The zero-order valence-electron chi connectivity index (χ0n) is 21.0. The smallest absolute Gasteiger partial charge is 0.259 e. The quantitative estimate of drug-likeness (QED) is 0.280. The fraction of sp³-hybridized carbons (Fsp3) is 0.367. The lowest BCUT2D eigenvalue weighted by Crippen LogP contribution is -2.49. The lowest BCUT2D eigenvalue weighted by atomic mass is 9.48. The van der Waals surface area contributed by atoms with Gasteiger partial charge in [-0.05, 0) is 80.5 Å². The Labute approximate surface area is 231 Å². The molecule has 4 aromatic rings. The summed E-state index contributed by atoms with van der Waals surface area (Å²) in [4.78, 5) is 13.8. The van der Waals surface area contributed by atoms with Crippen LogP contribution in [0.25, 0.3) is 5.69 Å². The largest absolute Gasteiger partial charge is 0.319 e. The molecule has 8 rings (SSSR count). The molecule has 0 spiro atoms. The predicted molar refractivity (Wildman–Crippen MR) is 149 cm³/mol.